The Morgan fingerprint density at radius 1 is 1.19 bits per heavy atom. The number of nitrogens with zero attached hydrogens (tertiary/aromatic N) is 2. The van der Waals surface area contributed by atoms with Crippen molar-refractivity contribution in [3.05, 3.63) is 83.4 Å². The second kappa shape index (κ2) is 12.0. The first-order valence-corrected chi connectivity index (χ1v) is 12.2. The summed E-state index contributed by atoms with van der Waals surface area (Å²) in [5.74, 6) is -0.205. The number of nitrogens with one attached hydrogen (secondary N) is 2. The van der Waals surface area contributed by atoms with E-state index in [4.69, 9.17) is 4.74 Å². The summed E-state index contributed by atoms with van der Waals surface area (Å²) in [5, 5.41) is 6.74. The third-order valence-corrected chi connectivity index (χ3v) is 6.93. The van der Waals surface area contributed by atoms with Crippen molar-refractivity contribution in [2.75, 3.05) is 23.4 Å². The molecule has 1 fully saturated rings. The Morgan fingerprint density at radius 3 is 2.69 bits per heavy atom. The van der Waals surface area contributed by atoms with Gasteiger partial charge in [-0.3, -0.25) is 9.69 Å². The minimum atomic E-state index is -0.298. The van der Waals surface area contributed by atoms with Crippen molar-refractivity contribution in [3.63, 3.8) is 0 Å². The maximum Gasteiger partial charge on any atom is 2.00 e. The van der Waals surface area contributed by atoms with E-state index in [1.807, 2.05) is 55.5 Å². The summed E-state index contributed by atoms with van der Waals surface area (Å²) in [4.78, 5) is 33.3. The second-order valence-corrected chi connectivity index (χ2v) is 9.26. The SMILES string of the molecule is Cc1c[c-]ccc1N1C(=O)Nc2c(C(=O)N[C@H]3CCCOC3)sc3nccc1c23.[U+2].[c-]1ccccc1. The molecule has 4 heterocycles. The molecule has 1 atom stereocenters. The molecule has 0 bridgehead atoms. The number of rotatable bonds is 3. The molecule has 180 valence electrons. The van der Waals surface area contributed by atoms with E-state index in [9.17, 15) is 9.59 Å². The summed E-state index contributed by atoms with van der Waals surface area (Å²) in [6, 6.07) is 22.5. The molecule has 0 spiro atoms. The minimum absolute atomic E-state index is 0. The number of amides is 3. The number of hydrogen-bond acceptors (Lipinski definition) is 5. The number of hydrogen-bond donors (Lipinski definition) is 2. The number of aromatic nitrogens is 1. The molecule has 0 radical (unpaired) electrons. The number of ether oxygens (including phenoxy) is 1. The van der Waals surface area contributed by atoms with E-state index in [0.717, 1.165) is 41.8 Å². The van der Waals surface area contributed by atoms with E-state index in [1.165, 1.54) is 11.3 Å². The zero-order valence-corrected chi connectivity index (χ0v) is 24.7. The molecule has 4 aromatic rings. The van der Waals surface area contributed by atoms with Crippen molar-refractivity contribution in [1.29, 1.82) is 0 Å². The van der Waals surface area contributed by atoms with Crippen LogP contribution in [0.3, 0.4) is 0 Å². The van der Waals surface area contributed by atoms with Crippen molar-refractivity contribution in [1.82, 2.24) is 10.3 Å². The van der Waals surface area contributed by atoms with Gasteiger partial charge in [-0.05, 0) is 18.9 Å². The zero-order valence-electron chi connectivity index (χ0n) is 19.7. The second-order valence-electron chi connectivity index (χ2n) is 8.26. The number of aryl methyl sites for hydroxylation is 1. The van der Waals surface area contributed by atoms with E-state index < -0.39 is 0 Å². The average Bonchev–Trinajstić information content (AvgIpc) is 3.27. The van der Waals surface area contributed by atoms with Crippen LogP contribution in [0.5, 0.6) is 0 Å². The summed E-state index contributed by atoms with van der Waals surface area (Å²) in [7, 11) is 0. The van der Waals surface area contributed by atoms with Crippen LogP contribution in [-0.2, 0) is 4.74 Å². The Hall–Kier alpha value is -2.70. The summed E-state index contributed by atoms with van der Waals surface area (Å²) in [6.07, 6.45) is 3.49. The van der Waals surface area contributed by atoms with Crippen molar-refractivity contribution in [2.24, 2.45) is 0 Å². The molecular formula is C27H24N4O3SU. The van der Waals surface area contributed by atoms with Crippen LogP contribution in [-0.4, -0.2) is 36.2 Å². The smallest absolute Gasteiger partial charge is 0.379 e. The van der Waals surface area contributed by atoms with E-state index in [-0.39, 0.29) is 49.1 Å². The third-order valence-electron chi connectivity index (χ3n) is 5.84. The number of anilines is 3. The van der Waals surface area contributed by atoms with Gasteiger partial charge in [0.2, 0.25) is 0 Å². The Morgan fingerprint density at radius 2 is 2.03 bits per heavy atom. The van der Waals surface area contributed by atoms with Crippen molar-refractivity contribution in [2.45, 2.75) is 25.8 Å². The van der Waals surface area contributed by atoms with E-state index in [1.54, 1.807) is 17.2 Å². The Kier molecular flexibility index (Phi) is 8.81. The monoisotopic (exact) mass is 722 g/mol. The van der Waals surface area contributed by atoms with Crippen molar-refractivity contribution in [3.8, 4) is 0 Å². The van der Waals surface area contributed by atoms with Gasteiger partial charge in [-0.2, -0.15) is 54.6 Å². The zero-order chi connectivity index (χ0) is 24.2. The van der Waals surface area contributed by atoms with Crippen molar-refractivity contribution < 1.29 is 45.4 Å². The fourth-order valence-corrected chi connectivity index (χ4v) is 5.21. The van der Waals surface area contributed by atoms with Gasteiger partial charge in [-0.25, -0.2) is 9.78 Å². The summed E-state index contributed by atoms with van der Waals surface area (Å²) < 4.78 is 5.45. The predicted octanol–water partition coefficient (Wildman–Crippen LogP) is 5.48. The quantitative estimate of drug-likeness (QED) is 0.275. The average molecular weight is 723 g/mol. The predicted molar refractivity (Wildman–Crippen MR) is 137 cm³/mol. The van der Waals surface area contributed by atoms with Crippen LogP contribution in [0.25, 0.3) is 10.2 Å². The maximum atomic E-state index is 13.0. The largest absolute Gasteiger partial charge is 2.00 e. The fraction of sp³-hybridized carbons (Fsp3) is 0.222. The molecule has 2 N–H and O–H groups in total. The van der Waals surface area contributed by atoms with Crippen LogP contribution in [0.2, 0.25) is 0 Å². The number of thiophene rings is 1. The molecule has 0 aliphatic carbocycles. The van der Waals surface area contributed by atoms with Crippen LogP contribution in [0.15, 0.2) is 60.8 Å². The van der Waals surface area contributed by atoms with Gasteiger partial charge in [-0.15, -0.1) is 23.0 Å². The standard InChI is InChI=1S/C21H19N4O3S.C6H5.U/c1-12-5-2-3-7-14(12)25-15-8-9-22-20-16(15)17(24-21(25)27)18(29-20)19(26)23-13-6-4-10-28-11-13;1-2-4-6-5-3-1;/h3,5,7-9,13H,4,6,10-11H2,1H3,(H,23,26)(H,24,27);1-5H;/q2*-1;+2/t13-;;/m0../s1. The summed E-state index contributed by atoms with van der Waals surface area (Å²) in [6.45, 7) is 3.18. The molecule has 0 unspecified atom stereocenters. The van der Waals surface area contributed by atoms with Gasteiger partial charge in [0, 0.05) is 12.8 Å². The Labute approximate surface area is 237 Å². The number of carbonyl (C=O) groups excluding carboxylic acids is 2. The van der Waals surface area contributed by atoms with Crippen LogP contribution in [0.4, 0.5) is 21.9 Å². The molecule has 9 heteroatoms. The third kappa shape index (κ3) is 5.50. The molecular weight excluding hydrogens is 698 g/mol. The first-order chi connectivity index (χ1) is 17.1. The van der Waals surface area contributed by atoms with Gasteiger partial charge in [0.25, 0.3) is 5.91 Å². The molecule has 2 aliphatic heterocycles. The van der Waals surface area contributed by atoms with E-state index in [2.05, 4.69) is 27.8 Å². The first kappa shape index (κ1) is 26.4. The number of urea groups is 1. The van der Waals surface area contributed by atoms with Crippen LogP contribution >= 0.6 is 11.3 Å². The molecule has 1 saturated heterocycles. The van der Waals surface area contributed by atoms with Gasteiger partial charge in [0.15, 0.2) is 0 Å². The van der Waals surface area contributed by atoms with E-state index in [0.29, 0.717) is 22.0 Å². The van der Waals surface area contributed by atoms with Crippen LogP contribution in [0.1, 0.15) is 28.1 Å². The normalized spacial score (nSPS) is 16.3. The Bertz CT molecular complexity index is 1330. The fourth-order valence-electron chi connectivity index (χ4n) is 4.19. The molecule has 2 aliphatic rings. The molecule has 6 rings (SSSR count). The van der Waals surface area contributed by atoms with Crippen molar-refractivity contribution >= 4 is 50.6 Å². The minimum Gasteiger partial charge on any atom is -0.379 e. The van der Waals surface area contributed by atoms with Gasteiger partial charge >= 0.3 is 37.1 Å². The van der Waals surface area contributed by atoms with Gasteiger partial charge < -0.3 is 15.4 Å². The number of benzene rings is 2. The van der Waals surface area contributed by atoms with Gasteiger partial charge in [-0.1, -0.05) is 12.6 Å². The Balaban J connectivity index is 0.000000383. The molecule has 3 amide bonds. The van der Waals surface area contributed by atoms with Gasteiger partial charge in [0.05, 0.1) is 29.4 Å². The summed E-state index contributed by atoms with van der Waals surface area (Å²) >= 11 is 1.29. The first-order valence-electron chi connectivity index (χ1n) is 11.4. The summed E-state index contributed by atoms with van der Waals surface area (Å²) in [5.41, 5.74) is 2.96. The topological polar surface area (TPSA) is 83.6 Å². The molecule has 36 heavy (non-hydrogen) atoms. The molecule has 2 aromatic heterocycles. The van der Waals surface area contributed by atoms with Crippen LogP contribution < -0.4 is 15.5 Å². The van der Waals surface area contributed by atoms with E-state index >= 15 is 0 Å². The molecule has 0 saturated carbocycles. The molecule has 7 nitrogen and oxygen atoms in total. The number of carbonyl (C=O) groups is 2. The van der Waals surface area contributed by atoms with Gasteiger partial charge in [0.1, 0.15) is 9.71 Å². The van der Waals surface area contributed by atoms with Crippen LogP contribution in [0, 0.1) is 50.2 Å². The number of pyridine rings is 1. The molecule has 2 aromatic carbocycles. The maximum absolute atomic E-state index is 13.0.